The molecule has 1 heterocycles. The first-order chi connectivity index (χ1) is 9.20. The highest BCUT2D eigenvalue weighted by atomic mass is 19.1. The zero-order chi connectivity index (χ0) is 13.7. The number of rotatable bonds is 6. The number of halogens is 2. The van der Waals surface area contributed by atoms with E-state index in [9.17, 15) is 8.78 Å². The van der Waals surface area contributed by atoms with Gasteiger partial charge in [-0.15, -0.1) is 0 Å². The predicted molar refractivity (Wildman–Crippen MR) is 67.1 cm³/mol. The van der Waals surface area contributed by atoms with Crippen molar-refractivity contribution in [3.63, 3.8) is 0 Å². The largest absolute Gasteiger partial charge is 0.383 e. The Kier molecular flexibility index (Phi) is 4.59. The highest BCUT2D eigenvalue weighted by Gasteiger charge is 2.07. The molecule has 0 aliphatic carbocycles. The molecule has 0 aliphatic rings. The lowest BCUT2D eigenvalue weighted by Crippen LogP contribution is -2.18. The van der Waals surface area contributed by atoms with Gasteiger partial charge >= 0.3 is 0 Å². The molecule has 2 rings (SSSR count). The Balaban J connectivity index is 2.06. The predicted octanol–water partition coefficient (Wildman–Crippen LogP) is 1.89. The summed E-state index contributed by atoms with van der Waals surface area (Å²) in [5.74, 6) is -1.00. The first-order valence-electron chi connectivity index (χ1n) is 5.90. The van der Waals surface area contributed by atoms with E-state index in [1.807, 2.05) is 0 Å². The van der Waals surface area contributed by atoms with E-state index in [0.29, 0.717) is 19.7 Å². The molecule has 1 aromatic carbocycles. The van der Waals surface area contributed by atoms with Gasteiger partial charge < -0.3 is 10.1 Å². The fourth-order valence-corrected chi connectivity index (χ4v) is 1.64. The van der Waals surface area contributed by atoms with Crippen LogP contribution < -0.4 is 5.32 Å². The van der Waals surface area contributed by atoms with Gasteiger partial charge in [-0.05, 0) is 18.2 Å². The summed E-state index contributed by atoms with van der Waals surface area (Å²) in [5, 5.41) is 7.31. The van der Waals surface area contributed by atoms with Gasteiger partial charge in [-0.3, -0.25) is 0 Å². The first-order valence-corrected chi connectivity index (χ1v) is 5.90. The topological polar surface area (TPSA) is 39.1 Å². The van der Waals surface area contributed by atoms with Crippen molar-refractivity contribution in [3.05, 3.63) is 47.8 Å². The molecule has 1 N–H and O–H groups in total. The zero-order valence-electron chi connectivity index (χ0n) is 10.6. The molecule has 0 saturated carbocycles. The van der Waals surface area contributed by atoms with Crippen LogP contribution in [0.1, 0.15) is 5.69 Å². The second kappa shape index (κ2) is 6.40. The maximum absolute atomic E-state index is 13.6. The highest BCUT2D eigenvalue weighted by molar-refractivity contribution is 5.33. The third-order valence-electron chi connectivity index (χ3n) is 2.59. The van der Waals surface area contributed by atoms with Crippen molar-refractivity contribution in [2.24, 2.45) is 0 Å². The normalized spacial score (nSPS) is 10.9. The lowest BCUT2D eigenvalue weighted by molar-refractivity contribution is 0.199. The minimum Gasteiger partial charge on any atom is -0.383 e. The van der Waals surface area contributed by atoms with E-state index in [1.165, 1.54) is 4.68 Å². The van der Waals surface area contributed by atoms with Crippen molar-refractivity contribution in [3.8, 4) is 5.69 Å². The Morgan fingerprint density at radius 3 is 2.95 bits per heavy atom. The Labute approximate surface area is 110 Å². The number of hydrogen-bond acceptors (Lipinski definition) is 3. The molecule has 19 heavy (non-hydrogen) atoms. The van der Waals surface area contributed by atoms with Gasteiger partial charge in [-0.25, -0.2) is 13.5 Å². The van der Waals surface area contributed by atoms with Crippen LogP contribution in [0.25, 0.3) is 5.69 Å². The molecule has 0 bridgehead atoms. The number of benzene rings is 1. The monoisotopic (exact) mass is 267 g/mol. The van der Waals surface area contributed by atoms with Crippen LogP contribution in [-0.2, 0) is 11.3 Å². The van der Waals surface area contributed by atoms with E-state index < -0.39 is 11.6 Å². The maximum atomic E-state index is 13.6. The minimum absolute atomic E-state index is 0.100. The Morgan fingerprint density at radius 2 is 2.16 bits per heavy atom. The van der Waals surface area contributed by atoms with Crippen molar-refractivity contribution in [1.29, 1.82) is 0 Å². The fourth-order valence-electron chi connectivity index (χ4n) is 1.64. The standard InChI is InChI=1S/C13H15F2N3O/c1-19-7-5-16-9-11-4-6-18(17-11)13-8-10(14)2-3-12(13)15/h2-4,6,8,16H,5,7,9H2,1H3. The molecular weight excluding hydrogens is 252 g/mol. The van der Waals surface area contributed by atoms with Gasteiger partial charge in [0.1, 0.15) is 17.3 Å². The first kappa shape index (κ1) is 13.6. The molecule has 0 atom stereocenters. The average Bonchev–Trinajstić information content (AvgIpc) is 2.86. The van der Waals surface area contributed by atoms with E-state index in [-0.39, 0.29) is 5.69 Å². The van der Waals surface area contributed by atoms with Crippen LogP contribution in [-0.4, -0.2) is 30.0 Å². The fraction of sp³-hybridized carbons (Fsp3) is 0.308. The molecule has 6 heteroatoms. The van der Waals surface area contributed by atoms with Gasteiger partial charge in [-0.2, -0.15) is 5.10 Å². The lowest BCUT2D eigenvalue weighted by Gasteiger charge is -2.03. The van der Waals surface area contributed by atoms with Crippen molar-refractivity contribution < 1.29 is 13.5 Å². The Bertz CT molecular complexity index is 542. The van der Waals surface area contributed by atoms with Crippen molar-refractivity contribution in [2.75, 3.05) is 20.3 Å². The molecule has 2 aromatic rings. The average molecular weight is 267 g/mol. The zero-order valence-corrected chi connectivity index (χ0v) is 10.6. The molecule has 0 fully saturated rings. The van der Waals surface area contributed by atoms with Crippen LogP contribution in [0.5, 0.6) is 0 Å². The summed E-state index contributed by atoms with van der Waals surface area (Å²) in [6.07, 6.45) is 1.60. The third-order valence-corrected chi connectivity index (χ3v) is 2.59. The van der Waals surface area contributed by atoms with E-state index in [2.05, 4.69) is 10.4 Å². The quantitative estimate of drug-likeness (QED) is 0.812. The summed E-state index contributed by atoms with van der Waals surface area (Å²) in [5.41, 5.74) is 0.850. The Morgan fingerprint density at radius 1 is 1.32 bits per heavy atom. The van der Waals surface area contributed by atoms with Gasteiger partial charge in [0.15, 0.2) is 0 Å². The van der Waals surface area contributed by atoms with Gasteiger partial charge in [0.05, 0.1) is 12.3 Å². The van der Waals surface area contributed by atoms with Gasteiger partial charge in [0.2, 0.25) is 0 Å². The summed E-state index contributed by atoms with van der Waals surface area (Å²) in [6, 6.07) is 5.03. The van der Waals surface area contributed by atoms with Crippen LogP contribution >= 0.6 is 0 Å². The van der Waals surface area contributed by atoms with Crippen LogP contribution in [0.3, 0.4) is 0 Å². The summed E-state index contributed by atoms with van der Waals surface area (Å²) in [4.78, 5) is 0. The molecule has 0 radical (unpaired) electrons. The lowest BCUT2D eigenvalue weighted by atomic mass is 10.3. The smallest absolute Gasteiger partial charge is 0.149 e. The van der Waals surface area contributed by atoms with Gasteiger partial charge in [0, 0.05) is 32.5 Å². The second-order valence-electron chi connectivity index (χ2n) is 4.02. The molecule has 0 saturated heterocycles. The van der Waals surface area contributed by atoms with Gasteiger partial charge in [-0.1, -0.05) is 0 Å². The summed E-state index contributed by atoms with van der Waals surface area (Å²) >= 11 is 0. The van der Waals surface area contributed by atoms with Gasteiger partial charge in [0.25, 0.3) is 0 Å². The van der Waals surface area contributed by atoms with Crippen molar-refractivity contribution in [1.82, 2.24) is 15.1 Å². The van der Waals surface area contributed by atoms with Crippen LogP contribution in [0.2, 0.25) is 0 Å². The Hall–Kier alpha value is -1.79. The maximum Gasteiger partial charge on any atom is 0.149 e. The SMILES string of the molecule is COCCNCc1ccn(-c2cc(F)ccc2F)n1. The number of methoxy groups -OCH3 is 1. The van der Waals surface area contributed by atoms with E-state index >= 15 is 0 Å². The number of nitrogens with zero attached hydrogens (tertiary/aromatic N) is 2. The molecule has 1 aromatic heterocycles. The summed E-state index contributed by atoms with van der Waals surface area (Å²) in [7, 11) is 1.63. The molecule has 0 aliphatic heterocycles. The molecule has 0 spiro atoms. The third kappa shape index (κ3) is 3.59. The molecular formula is C13H15F2N3O. The van der Waals surface area contributed by atoms with E-state index in [4.69, 9.17) is 4.74 Å². The summed E-state index contributed by atoms with van der Waals surface area (Å²) < 4.78 is 32.9. The minimum atomic E-state index is -0.511. The molecule has 0 unspecified atom stereocenters. The van der Waals surface area contributed by atoms with E-state index in [1.54, 1.807) is 19.4 Å². The molecule has 102 valence electrons. The van der Waals surface area contributed by atoms with Crippen molar-refractivity contribution >= 4 is 0 Å². The molecule has 4 nitrogen and oxygen atoms in total. The molecule has 0 amide bonds. The van der Waals surface area contributed by atoms with Crippen LogP contribution in [0.4, 0.5) is 8.78 Å². The second-order valence-corrected chi connectivity index (χ2v) is 4.02. The van der Waals surface area contributed by atoms with E-state index in [0.717, 1.165) is 23.9 Å². The number of nitrogens with one attached hydrogen (secondary N) is 1. The van der Waals surface area contributed by atoms with Crippen molar-refractivity contribution in [2.45, 2.75) is 6.54 Å². The summed E-state index contributed by atoms with van der Waals surface area (Å²) in [6.45, 7) is 1.87. The number of aromatic nitrogens is 2. The highest BCUT2D eigenvalue weighted by Crippen LogP contribution is 2.14. The number of ether oxygens (including phenoxy) is 1. The van der Waals surface area contributed by atoms with Crippen LogP contribution in [0.15, 0.2) is 30.5 Å². The van der Waals surface area contributed by atoms with Crippen LogP contribution in [0, 0.1) is 11.6 Å². The number of hydrogen-bond donors (Lipinski definition) is 1.